The molecule has 0 radical (unpaired) electrons. The standard InChI is InChI=1S/C20H37N5O2/c1-16(2)15-25-8-4-6-17(25)14-22-20(21-3)24-11-9-23(10-12-24)19(26)18-7-5-13-27-18/h16-18H,4-15H2,1-3H3,(H,21,22)/t17-,18?/m1/s1. The summed E-state index contributed by atoms with van der Waals surface area (Å²) in [7, 11) is 1.85. The van der Waals surface area contributed by atoms with E-state index < -0.39 is 0 Å². The van der Waals surface area contributed by atoms with Gasteiger partial charge in [-0.15, -0.1) is 0 Å². The molecule has 0 aromatic rings. The van der Waals surface area contributed by atoms with Crippen molar-refractivity contribution in [3.63, 3.8) is 0 Å². The van der Waals surface area contributed by atoms with Gasteiger partial charge >= 0.3 is 0 Å². The fourth-order valence-electron chi connectivity index (χ4n) is 4.49. The van der Waals surface area contributed by atoms with Gasteiger partial charge in [0.15, 0.2) is 5.96 Å². The first-order valence-corrected chi connectivity index (χ1v) is 10.7. The molecule has 7 heteroatoms. The van der Waals surface area contributed by atoms with Crippen molar-refractivity contribution >= 4 is 11.9 Å². The number of aliphatic imine (C=N–C) groups is 1. The molecule has 1 amide bonds. The smallest absolute Gasteiger partial charge is 0.251 e. The van der Waals surface area contributed by atoms with Crippen LogP contribution in [0, 0.1) is 5.92 Å². The van der Waals surface area contributed by atoms with Crippen molar-refractivity contribution in [1.29, 1.82) is 0 Å². The number of ether oxygens (including phenoxy) is 1. The molecule has 0 aromatic heterocycles. The van der Waals surface area contributed by atoms with Crippen molar-refractivity contribution < 1.29 is 9.53 Å². The lowest BCUT2D eigenvalue weighted by Crippen LogP contribution is -2.56. The minimum atomic E-state index is -0.205. The van der Waals surface area contributed by atoms with Crippen LogP contribution in [0.4, 0.5) is 0 Å². The van der Waals surface area contributed by atoms with Crippen LogP contribution < -0.4 is 5.32 Å². The maximum atomic E-state index is 12.5. The molecule has 3 rings (SSSR count). The van der Waals surface area contributed by atoms with Gasteiger partial charge in [0.1, 0.15) is 6.10 Å². The average molecular weight is 380 g/mol. The summed E-state index contributed by atoms with van der Waals surface area (Å²) < 4.78 is 5.55. The van der Waals surface area contributed by atoms with E-state index in [4.69, 9.17) is 4.74 Å². The van der Waals surface area contributed by atoms with Gasteiger partial charge in [0, 0.05) is 59.0 Å². The Morgan fingerprint density at radius 3 is 2.48 bits per heavy atom. The zero-order valence-corrected chi connectivity index (χ0v) is 17.3. The molecule has 0 spiro atoms. The number of nitrogens with one attached hydrogen (secondary N) is 1. The monoisotopic (exact) mass is 379 g/mol. The summed E-state index contributed by atoms with van der Waals surface area (Å²) in [6.07, 6.45) is 4.23. The molecule has 0 bridgehead atoms. The summed E-state index contributed by atoms with van der Waals surface area (Å²) in [5.41, 5.74) is 0. The highest BCUT2D eigenvalue weighted by Crippen LogP contribution is 2.18. The number of carbonyl (C=O) groups excluding carboxylic acids is 1. The fourth-order valence-corrected chi connectivity index (χ4v) is 4.49. The second kappa shape index (κ2) is 9.73. The predicted molar refractivity (Wildman–Crippen MR) is 108 cm³/mol. The van der Waals surface area contributed by atoms with Gasteiger partial charge in [0.25, 0.3) is 5.91 Å². The van der Waals surface area contributed by atoms with Gasteiger partial charge in [0.05, 0.1) is 0 Å². The number of hydrogen-bond donors (Lipinski definition) is 1. The van der Waals surface area contributed by atoms with Crippen LogP contribution in [0.25, 0.3) is 0 Å². The topological polar surface area (TPSA) is 60.4 Å². The first-order valence-electron chi connectivity index (χ1n) is 10.7. The zero-order chi connectivity index (χ0) is 19.2. The number of hydrogen-bond acceptors (Lipinski definition) is 4. The van der Waals surface area contributed by atoms with E-state index >= 15 is 0 Å². The van der Waals surface area contributed by atoms with Gasteiger partial charge in [-0.3, -0.25) is 14.7 Å². The highest BCUT2D eigenvalue weighted by Gasteiger charge is 2.31. The van der Waals surface area contributed by atoms with E-state index in [9.17, 15) is 4.79 Å². The van der Waals surface area contributed by atoms with Crippen LogP contribution in [0.15, 0.2) is 4.99 Å². The lowest BCUT2D eigenvalue weighted by Gasteiger charge is -2.37. The molecular formula is C20H37N5O2. The maximum Gasteiger partial charge on any atom is 0.251 e. The summed E-state index contributed by atoms with van der Waals surface area (Å²) in [5, 5.41) is 3.59. The molecule has 7 nitrogen and oxygen atoms in total. The lowest BCUT2D eigenvalue weighted by molar-refractivity contribution is -0.142. The third-order valence-corrected chi connectivity index (χ3v) is 5.90. The number of nitrogens with zero attached hydrogens (tertiary/aromatic N) is 4. The van der Waals surface area contributed by atoms with Gasteiger partial charge in [-0.05, 0) is 38.1 Å². The summed E-state index contributed by atoms with van der Waals surface area (Å²) in [6.45, 7) is 11.8. The highest BCUT2D eigenvalue weighted by atomic mass is 16.5. The molecule has 0 saturated carbocycles. The summed E-state index contributed by atoms with van der Waals surface area (Å²) >= 11 is 0. The first kappa shape index (κ1) is 20.4. The molecule has 0 aromatic carbocycles. The Morgan fingerprint density at radius 2 is 1.85 bits per heavy atom. The Balaban J connectivity index is 1.44. The van der Waals surface area contributed by atoms with Crippen LogP contribution in [0.5, 0.6) is 0 Å². The first-order chi connectivity index (χ1) is 13.1. The zero-order valence-electron chi connectivity index (χ0n) is 17.3. The Bertz CT molecular complexity index is 511. The lowest BCUT2D eigenvalue weighted by atomic mass is 10.1. The maximum absolute atomic E-state index is 12.5. The minimum absolute atomic E-state index is 0.172. The molecule has 154 valence electrons. The normalized spacial score (nSPS) is 27.6. The van der Waals surface area contributed by atoms with E-state index in [2.05, 4.69) is 34.0 Å². The molecule has 3 fully saturated rings. The minimum Gasteiger partial charge on any atom is -0.368 e. The van der Waals surface area contributed by atoms with Gasteiger partial charge in [-0.2, -0.15) is 0 Å². The van der Waals surface area contributed by atoms with E-state index in [1.165, 1.54) is 25.9 Å². The van der Waals surface area contributed by atoms with Gasteiger partial charge in [-0.1, -0.05) is 13.8 Å². The predicted octanol–water partition coefficient (Wildman–Crippen LogP) is 1.01. The number of amides is 1. The van der Waals surface area contributed by atoms with Crippen molar-refractivity contribution in [1.82, 2.24) is 20.0 Å². The molecule has 3 aliphatic heterocycles. The van der Waals surface area contributed by atoms with Crippen LogP contribution in [0.3, 0.4) is 0 Å². The largest absolute Gasteiger partial charge is 0.368 e. The van der Waals surface area contributed by atoms with Gasteiger partial charge < -0.3 is 19.9 Å². The Morgan fingerprint density at radius 1 is 1.11 bits per heavy atom. The molecule has 1 unspecified atom stereocenters. The quantitative estimate of drug-likeness (QED) is 0.571. The summed E-state index contributed by atoms with van der Waals surface area (Å²) in [4.78, 5) is 23.8. The number of piperazine rings is 1. The molecule has 3 saturated heterocycles. The van der Waals surface area contributed by atoms with Gasteiger partial charge in [0.2, 0.25) is 0 Å². The van der Waals surface area contributed by atoms with Gasteiger partial charge in [-0.25, -0.2) is 0 Å². The van der Waals surface area contributed by atoms with E-state index in [0.717, 1.165) is 58.1 Å². The Labute approximate surface area is 164 Å². The SMILES string of the molecule is CN=C(NC[C@H]1CCCN1CC(C)C)N1CCN(C(=O)C2CCCO2)CC1. The fraction of sp³-hybridized carbons (Fsp3) is 0.900. The number of rotatable bonds is 5. The van der Waals surface area contributed by atoms with Crippen molar-refractivity contribution in [3.05, 3.63) is 0 Å². The van der Waals surface area contributed by atoms with Crippen molar-refractivity contribution in [2.75, 3.05) is 59.5 Å². The molecule has 0 aliphatic carbocycles. The summed E-state index contributed by atoms with van der Waals surface area (Å²) in [5.74, 6) is 1.85. The van der Waals surface area contributed by atoms with Crippen LogP contribution in [-0.2, 0) is 9.53 Å². The van der Waals surface area contributed by atoms with Crippen molar-refractivity contribution in [2.45, 2.75) is 51.7 Å². The second-order valence-corrected chi connectivity index (χ2v) is 8.43. The van der Waals surface area contributed by atoms with Crippen molar-refractivity contribution in [2.24, 2.45) is 10.9 Å². The third-order valence-electron chi connectivity index (χ3n) is 5.90. The molecule has 1 N–H and O–H groups in total. The van der Waals surface area contributed by atoms with Crippen molar-refractivity contribution in [3.8, 4) is 0 Å². The Hall–Kier alpha value is -1.34. The third kappa shape index (κ3) is 5.35. The van der Waals surface area contributed by atoms with E-state index in [1.807, 2.05) is 11.9 Å². The molecule has 3 aliphatic rings. The Kier molecular flexibility index (Phi) is 7.35. The average Bonchev–Trinajstić information content (AvgIpc) is 3.34. The molecular weight excluding hydrogens is 342 g/mol. The van der Waals surface area contributed by atoms with Crippen LogP contribution in [0.2, 0.25) is 0 Å². The number of guanidine groups is 1. The molecule has 27 heavy (non-hydrogen) atoms. The van der Waals surface area contributed by atoms with Crippen LogP contribution in [0.1, 0.15) is 39.5 Å². The van der Waals surface area contributed by atoms with E-state index in [0.29, 0.717) is 12.0 Å². The number of likely N-dealkylation sites (tertiary alicyclic amines) is 1. The van der Waals surface area contributed by atoms with Crippen LogP contribution in [-0.4, -0.2) is 98.2 Å². The van der Waals surface area contributed by atoms with E-state index in [-0.39, 0.29) is 12.0 Å². The van der Waals surface area contributed by atoms with Crippen LogP contribution >= 0.6 is 0 Å². The number of carbonyl (C=O) groups is 1. The second-order valence-electron chi connectivity index (χ2n) is 8.43. The van der Waals surface area contributed by atoms with E-state index in [1.54, 1.807) is 0 Å². The summed E-state index contributed by atoms with van der Waals surface area (Å²) in [6, 6.07) is 0.603. The molecule has 3 heterocycles. The highest BCUT2D eigenvalue weighted by molar-refractivity contribution is 5.82. The molecule has 2 atom stereocenters.